The second-order valence-electron chi connectivity index (χ2n) is 3.88. The van der Waals surface area contributed by atoms with Crippen LogP contribution in [0.4, 0.5) is 6.01 Å². The lowest BCUT2D eigenvalue weighted by atomic mass is 10.2. The Labute approximate surface area is 112 Å². The zero-order valence-corrected chi connectivity index (χ0v) is 10.6. The molecule has 0 aliphatic rings. The lowest BCUT2D eigenvalue weighted by molar-refractivity contribution is 0.102. The number of aryl methyl sites for hydroxylation is 1. The van der Waals surface area contributed by atoms with E-state index in [1.54, 1.807) is 25.1 Å². The van der Waals surface area contributed by atoms with Gasteiger partial charge in [-0.1, -0.05) is 16.8 Å². The van der Waals surface area contributed by atoms with Gasteiger partial charge in [-0.2, -0.15) is 4.98 Å². The molecule has 2 aromatic heterocycles. The molecule has 0 saturated carbocycles. The highest BCUT2D eigenvalue weighted by Crippen LogP contribution is 2.22. The fourth-order valence-electron chi connectivity index (χ4n) is 1.64. The largest absolute Gasteiger partial charge is 0.423 e. The summed E-state index contributed by atoms with van der Waals surface area (Å²) in [6.45, 7) is 1.65. The molecule has 96 valence electrons. The molecule has 6 nitrogen and oxygen atoms in total. The molecule has 0 spiro atoms. The van der Waals surface area contributed by atoms with Gasteiger partial charge in [-0.15, -0.1) is 0 Å². The zero-order valence-electron chi connectivity index (χ0n) is 9.81. The molecule has 3 rings (SSSR count). The van der Waals surface area contributed by atoms with Crippen molar-refractivity contribution in [2.24, 2.45) is 0 Å². The van der Waals surface area contributed by atoms with Crippen LogP contribution in [-0.4, -0.2) is 16.0 Å². The van der Waals surface area contributed by atoms with Gasteiger partial charge < -0.3 is 8.94 Å². The van der Waals surface area contributed by atoms with Crippen LogP contribution in [0.15, 0.2) is 33.3 Å². The molecule has 0 aliphatic heterocycles. The lowest BCUT2D eigenvalue weighted by Gasteiger charge is -1.96. The van der Waals surface area contributed by atoms with E-state index in [9.17, 15) is 4.79 Å². The van der Waals surface area contributed by atoms with E-state index in [4.69, 9.17) is 20.5 Å². The topological polar surface area (TPSA) is 81.2 Å². The number of hydrogen-bond acceptors (Lipinski definition) is 5. The van der Waals surface area contributed by atoms with E-state index in [2.05, 4.69) is 15.5 Å². The van der Waals surface area contributed by atoms with Gasteiger partial charge in [-0.05, 0) is 25.1 Å². The van der Waals surface area contributed by atoms with Crippen molar-refractivity contribution in [3.63, 3.8) is 0 Å². The van der Waals surface area contributed by atoms with Crippen LogP contribution in [0.5, 0.6) is 0 Å². The van der Waals surface area contributed by atoms with Gasteiger partial charge in [-0.3, -0.25) is 10.1 Å². The number of nitrogens with one attached hydrogen (secondary N) is 1. The normalized spacial score (nSPS) is 10.8. The van der Waals surface area contributed by atoms with E-state index in [0.29, 0.717) is 27.4 Å². The van der Waals surface area contributed by atoms with Crippen LogP contribution in [0.2, 0.25) is 5.02 Å². The van der Waals surface area contributed by atoms with Crippen molar-refractivity contribution in [1.29, 1.82) is 0 Å². The van der Waals surface area contributed by atoms with Crippen molar-refractivity contribution >= 4 is 34.6 Å². The number of anilines is 1. The van der Waals surface area contributed by atoms with Crippen molar-refractivity contribution in [3.8, 4) is 0 Å². The summed E-state index contributed by atoms with van der Waals surface area (Å²) < 4.78 is 10.2. The third-order valence-corrected chi connectivity index (χ3v) is 2.80. The van der Waals surface area contributed by atoms with Crippen molar-refractivity contribution in [3.05, 3.63) is 40.7 Å². The Morgan fingerprint density at radius 2 is 2.26 bits per heavy atom. The molecule has 3 aromatic rings. The van der Waals surface area contributed by atoms with Crippen molar-refractivity contribution < 1.29 is 13.7 Å². The molecule has 0 fully saturated rings. The number of amides is 1. The number of carbonyl (C=O) groups is 1. The van der Waals surface area contributed by atoms with Crippen LogP contribution in [0, 0.1) is 6.92 Å². The molecule has 0 saturated heterocycles. The maximum Gasteiger partial charge on any atom is 0.302 e. The number of rotatable bonds is 2. The standard InChI is InChI=1S/C12H8ClN3O3/c1-6-8(5-14-19-6)11(17)16-12-15-9-4-7(13)2-3-10(9)18-12/h2-5H,1H3,(H,15,16,17). The van der Waals surface area contributed by atoms with E-state index in [-0.39, 0.29) is 6.01 Å². The fourth-order valence-corrected chi connectivity index (χ4v) is 1.80. The average Bonchev–Trinajstić information content (AvgIpc) is 2.94. The maximum atomic E-state index is 11.9. The Bertz CT molecular complexity index is 763. The van der Waals surface area contributed by atoms with Gasteiger partial charge in [0.1, 0.15) is 16.8 Å². The van der Waals surface area contributed by atoms with Crippen LogP contribution in [0.3, 0.4) is 0 Å². The average molecular weight is 278 g/mol. The Morgan fingerprint density at radius 3 is 3.00 bits per heavy atom. The first kappa shape index (κ1) is 11.7. The van der Waals surface area contributed by atoms with Gasteiger partial charge in [0.15, 0.2) is 5.58 Å². The van der Waals surface area contributed by atoms with E-state index in [1.807, 2.05) is 0 Å². The predicted octanol–water partition coefficient (Wildman–Crippen LogP) is 3.03. The van der Waals surface area contributed by atoms with Gasteiger partial charge in [0, 0.05) is 5.02 Å². The number of nitrogens with zero attached hydrogens (tertiary/aromatic N) is 2. The Balaban J connectivity index is 1.89. The van der Waals surface area contributed by atoms with Crippen molar-refractivity contribution in [2.75, 3.05) is 5.32 Å². The maximum absolute atomic E-state index is 11.9. The van der Waals surface area contributed by atoms with E-state index in [0.717, 1.165) is 0 Å². The third kappa shape index (κ3) is 2.17. The Morgan fingerprint density at radius 1 is 1.42 bits per heavy atom. The number of oxazole rings is 1. The minimum Gasteiger partial charge on any atom is -0.423 e. The predicted molar refractivity (Wildman–Crippen MR) is 68.2 cm³/mol. The summed E-state index contributed by atoms with van der Waals surface area (Å²) in [6.07, 6.45) is 1.34. The molecule has 19 heavy (non-hydrogen) atoms. The monoisotopic (exact) mass is 277 g/mol. The smallest absolute Gasteiger partial charge is 0.302 e. The summed E-state index contributed by atoms with van der Waals surface area (Å²) in [4.78, 5) is 16.0. The summed E-state index contributed by atoms with van der Waals surface area (Å²) in [5, 5.41) is 6.62. The number of aromatic nitrogens is 2. The SMILES string of the molecule is Cc1oncc1C(=O)Nc1nc2cc(Cl)ccc2o1. The second-order valence-corrected chi connectivity index (χ2v) is 4.32. The number of fused-ring (bicyclic) bond motifs is 1. The van der Waals surface area contributed by atoms with Crippen LogP contribution in [0.1, 0.15) is 16.1 Å². The Hall–Kier alpha value is -2.34. The third-order valence-electron chi connectivity index (χ3n) is 2.57. The van der Waals surface area contributed by atoms with Crippen LogP contribution >= 0.6 is 11.6 Å². The van der Waals surface area contributed by atoms with E-state index < -0.39 is 5.91 Å². The first-order valence-corrected chi connectivity index (χ1v) is 5.80. The molecular formula is C12H8ClN3O3. The highest BCUT2D eigenvalue weighted by molar-refractivity contribution is 6.31. The van der Waals surface area contributed by atoms with Gasteiger partial charge in [0.05, 0.1) is 6.20 Å². The molecule has 0 bridgehead atoms. The summed E-state index contributed by atoms with van der Waals surface area (Å²) in [7, 11) is 0. The van der Waals surface area contributed by atoms with Crippen LogP contribution in [-0.2, 0) is 0 Å². The highest BCUT2D eigenvalue weighted by Gasteiger charge is 2.15. The molecular weight excluding hydrogens is 270 g/mol. The number of carbonyl (C=O) groups excluding carboxylic acids is 1. The molecule has 7 heteroatoms. The number of benzene rings is 1. The summed E-state index contributed by atoms with van der Waals surface area (Å²) in [5.41, 5.74) is 1.45. The molecule has 0 aliphatic carbocycles. The molecule has 0 radical (unpaired) electrons. The lowest BCUT2D eigenvalue weighted by Crippen LogP contribution is -2.12. The first-order valence-electron chi connectivity index (χ1n) is 5.42. The molecule has 2 heterocycles. The quantitative estimate of drug-likeness (QED) is 0.778. The number of hydrogen-bond donors (Lipinski definition) is 1. The number of halogens is 1. The molecule has 0 atom stereocenters. The molecule has 1 aromatic carbocycles. The van der Waals surface area contributed by atoms with Gasteiger partial charge in [0.25, 0.3) is 5.91 Å². The minimum atomic E-state index is -0.392. The van der Waals surface area contributed by atoms with Crippen LogP contribution < -0.4 is 5.32 Å². The summed E-state index contributed by atoms with van der Waals surface area (Å²) in [5.74, 6) is 0.0352. The van der Waals surface area contributed by atoms with Crippen molar-refractivity contribution in [2.45, 2.75) is 6.92 Å². The fraction of sp³-hybridized carbons (Fsp3) is 0.0833. The van der Waals surface area contributed by atoms with Crippen LogP contribution in [0.25, 0.3) is 11.1 Å². The van der Waals surface area contributed by atoms with Gasteiger partial charge in [-0.25, -0.2) is 0 Å². The first-order chi connectivity index (χ1) is 9.13. The van der Waals surface area contributed by atoms with E-state index >= 15 is 0 Å². The molecule has 1 N–H and O–H groups in total. The van der Waals surface area contributed by atoms with E-state index in [1.165, 1.54) is 6.20 Å². The van der Waals surface area contributed by atoms with Crippen molar-refractivity contribution in [1.82, 2.24) is 10.1 Å². The minimum absolute atomic E-state index is 0.0999. The molecule has 0 unspecified atom stereocenters. The van der Waals surface area contributed by atoms with Gasteiger partial charge >= 0.3 is 6.01 Å². The van der Waals surface area contributed by atoms with Gasteiger partial charge in [0.2, 0.25) is 0 Å². The Kier molecular flexibility index (Phi) is 2.72. The second kappa shape index (κ2) is 4.40. The summed E-state index contributed by atoms with van der Waals surface area (Å²) in [6, 6.07) is 5.12. The zero-order chi connectivity index (χ0) is 13.4. The summed E-state index contributed by atoms with van der Waals surface area (Å²) >= 11 is 5.85. The molecule has 1 amide bonds. The highest BCUT2D eigenvalue weighted by atomic mass is 35.5.